The van der Waals surface area contributed by atoms with Crippen molar-refractivity contribution in [3.63, 3.8) is 0 Å². The van der Waals surface area contributed by atoms with E-state index < -0.39 is 0 Å². The molecule has 0 radical (unpaired) electrons. The number of benzene rings is 2. The molecule has 19 heavy (non-hydrogen) atoms. The maximum atomic E-state index is 13.0. The summed E-state index contributed by atoms with van der Waals surface area (Å²) in [4.78, 5) is 0. The van der Waals surface area contributed by atoms with E-state index in [1.54, 1.807) is 6.07 Å². The summed E-state index contributed by atoms with van der Waals surface area (Å²) in [5, 5.41) is 1.03. The Hall–Kier alpha value is -1.09. The number of hydrogen-bond donors (Lipinski definition) is 1. The molecule has 1 atom stereocenters. The Labute approximate surface area is 122 Å². The Kier molecular flexibility index (Phi) is 4.46. The SMILES string of the molecule is Cc1ccc(C(N)Cc2ccc(F)cc2Cl)c(Cl)c1. The third-order valence-electron chi connectivity index (χ3n) is 3.01. The zero-order valence-corrected chi connectivity index (χ0v) is 12.0. The van der Waals surface area contributed by atoms with E-state index in [9.17, 15) is 4.39 Å². The highest BCUT2D eigenvalue weighted by Gasteiger charge is 2.13. The number of hydrogen-bond acceptors (Lipinski definition) is 1. The molecule has 2 aromatic carbocycles. The second-order valence-electron chi connectivity index (χ2n) is 4.57. The molecule has 0 saturated heterocycles. The molecule has 2 aromatic rings. The lowest BCUT2D eigenvalue weighted by molar-refractivity contribution is 0.625. The second-order valence-corrected chi connectivity index (χ2v) is 5.39. The van der Waals surface area contributed by atoms with Crippen LogP contribution in [0.3, 0.4) is 0 Å². The third-order valence-corrected chi connectivity index (χ3v) is 3.69. The lowest BCUT2D eigenvalue weighted by atomic mass is 9.98. The summed E-state index contributed by atoms with van der Waals surface area (Å²) in [6, 6.07) is 9.82. The Morgan fingerprint density at radius 2 is 1.84 bits per heavy atom. The highest BCUT2D eigenvalue weighted by molar-refractivity contribution is 6.31. The fourth-order valence-electron chi connectivity index (χ4n) is 1.97. The van der Waals surface area contributed by atoms with Crippen molar-refractivity contribution < 1.29 is 4.39 Å². The molecule has 0 aromatic heterocycles. The van der Waals surface area contributed by atoms with Crippen LogP contribution >= 0.6 is 23.2 Å². The molecule has 2 rings (SSSR count). The third kappa shape index (κ3) is 3.47. The van der Waals surface area contributed by atoms with Crippen molar-refractivity contribution in [3.8, 4) is 0 Å². The van der Waals surface area contributed by atoms with E-state index in [1.165, 1.54) is 12.1 Å². The molecule has 1 nitrogen and oxygen atoms in total. The smallest absolute Gasteiger partial charge is 0.124 e. The summed E-state index contributed by atoms with van der Waals surface area (Å²) in [6.45, 7) is 1.97. The van der Waals surface area contributed by atoms with Gasteiger partial charge < -0.3 is 5.73 Å². The minimum Gasteiger partial charge on any atom is -0.324 e. The van der Waals surface area contributed by atoms with Crippen LogP contribution in [0.1, 0.15) is 22.7 Å². The van der Waals surface area contributed by atoms with Gasteiger partial charge in [-0.1, -0.05) is 41.4 Å². The van der Waals surface area contributed by atoms with Crippen LogP contribution in [-0.2, 0) is 6.42 Å². The molecule has 4 heteroatoms. The summed E-state index contributed by atoms with van der Waals surface area (Å²) in [5.74, 6) is -0.351. The maximum absolute atomic E-state index is 13.0. The van der Waals surface area contributed by atoms with Gasteiger partial charge in [0.2, 0.25) is 0 Å². The van der Waals surface area contributed by atoms with E-state index in [1.807, 2.05) is 25.1 Å². The first-order valence-electron chi connectivity index (χ1n) is 5.93. The Morgan fingerprint density at radius 3 is 2.47 bits per heavy atom. The predicted molar refractivity (Wildman–Crippen MR) is 78.2 cm³/mol. The van der Waals surface area contributed by atoms with Crippen LogP contribution in [0.5, 0.6) is 0 Å². The molecular formula is C15H14Cl2FN. The van der Waals surface area contributed by atoms with Crippen molar-refractivity contribution in [3.05, 3.63) is 69.0 Å². The molecule has 0 fully saturated rings. The van der Waals surface area contributed by atoms with Gasteiger partial charge in [-0.2, -0.15) is 0 Å². The summed E-state index contributed by atoms with van der Waals surface area (Å²) < 4.78 is 13.0. The van der Waals surface area contributed by atoms with Crippen molar-refractivity contribution >= 4 is 23.2 Å². The van der Waals surface area contributed by atoms with Crippen LogP contribution in [0.15, 0.2) is 36.4 Å². The van der Waals surface area contributed by atoms with Crippen molar-refractivity contribution in [2.24, 2.45) is 5.73 Å². The van der Waals surface area contributed by atoms with Gasteiger partial charge in [0.1, 0.15) is 5.82 Å². The van der Waals surface area contributed by atoms with E-state index in [2.05, 4.69) is 0 Å². The average molecular weight is 298 g/mol. The molecule has 0 spiro atoms. The molecule has 0 heterocycles. The van der Waals surface area contributed by atoms with Crippen molar-refractivity contribution in [1.29, 1.82) is 0 Å². The van der Waals surface area contributed by atoms with Crippen LogP contribution < -0.4 is 5.73 Å². The number of nitrogens with two attached hydrogens (primary N) is 1. The number of halogens is 3. The quantitative estimate of drug-likeness (QED) is 0.874. The van der Waals surface area contributed by atoms with Gasteiger partial charge in [-0.05, 0) is 48.2 Å². The van der Waals surface area contributed by atoms with Crippen molar-refractivity contribution in [2.45, 2.75) is 19.4 Å². The molecule has 0 bridgehead atoms. The zero-order valence-electron chi connectivity index (χ0n) is 10.5. The van der Waals surface area contributed by atoms with Crippen molar-refractivity contribution in [1.82, 2.24) is 0 Å². The molecule has 100 valence electrons. The lowest BCUT2D eigenvalue weighted by Gasteiger charge is -2.15. The van der Waals surface area contributed by atoms with E-state index in [0.29, 0.717) is 16.5 Å². The largest absolute Gasteiger partial charge is 0.324 e. The first kappa shape index (κ1) is 14.3. The molecular weight excluding hydrogens is 284 g/mol. The average Bonchev–Trinajstić information content (AvgIpc) is 2.32. The van der Waals surface area contributed by atoms with Crippen LogP contribution in [0.2, 0.25) is 10.0 Å². The van der Waals surface area contributed by atoms with Crippen LogP contribution in [0.4, 0.5) is 4.39 Å². The zero-order chi connectivity index (χ0) is 14.0. The Bertz CT molecular complexity index is 599. The normalized spacial score (nSPS) is 12.5. The van der Waals surface area contributed by atoms with E-state index in [4.69, 9.17) is 28.9 Å². The summed E-state index contributed by atoms with van der Waals surface area (Å²) >= 11 is 12.2. The van der Waals surface area contributed by atoms with Crippen LogP contribution in [-0.4, -0.2) is 0 Å². The molecule has 2 N–H and O–H groups in total. The van der Waals surface area contributed by atoms with Gasteiger partial charge in [-0.25, -0.2) is 4.39 Å². The van der Waals surface area contributed by atoms with Gasteiger partial charge in [0.15, 0.2) is 0 Å². The van der Waals surface area contributed by atoms with Crippen LogP contribution in [0, 0.1) is 12.7 Å². The molecule has 0 aliphatic carbocycles. The second kappa shape index (κ2) is 5.91. The van der Waals surface area contributed by atoms with Crippen LogP contribution in [0.25, 0.3) is 0 Å². The van der Waals surface area contributed by atoms with E-state index in [0.717, 1.165) is 16.7 Å². The predicted octanol–water partition coefficient (Wildman–Crippen LogP) is 4.68. The molecule has 0 amide bonds. The Balaban J connectivity index is 2.23. The van der Waals surface area contributed by atoms with Gasteiger partial charge in [0.25, 0.3) is 0 Å². The fraction of sp³-hybridized carbons (Fsp3) is 0.200. The number of rotatable bonds is 3. The first-order chi connectivity index (χ1) is 8.97. The van der Waals surface area contributed by atoms with Crippen molar-refractivity contribution in [2.75, 3.05) is 0 Å². The van der Waals surface area contributed by atoms with E-state index in [-0.39, 0.29) is 11.9 Å². The monoisotopic (exact) mass is 297 g/mol. The molecule has 0 saturated carbocycles. The summed E-state index contributed by atoms with van der Waals surface area (Å²) in [7, 11) is 0. The summed E-state index contributed by atoms with van der Waals surface area (Å²) in [5.41, 5.74) is 8.91. The Morgan fingerprint density at radius 1 is 1.11 bits per heavy atom. The van der Waals surface area contributed by atoms with Gasteiger partial charge in [-0.3, -0.25) is 0 Å². The van der Waals surface area contributed by atoms with Gasteiger partial charge >= 0.3 is 0 Å². The summed E-state index contributed by atoms with van der Waals surface area (Å²) in [6.07, 6.45) is 0.516. The highest BCUT2D eigenvalue weighted by atomic mass is 35.5. The molecule has 0 aliphatic rings. The first-order valence-corrected chi connectivity index (χ1v) is 6.68. The highest BCUT2D eigenvalue weighted by Crippen LogP contribution is 2.27. The standard InChI is InChI=1S/C15H14Cl2FN/c1-9-2-5-12(14(17)6-9)15(19)7-10-3-4-11(18)8-13(10)16/h2-6,8,15H,7,19H2,1H3. The molecule has 0 aliphatic heterocycles. The fourth-order valence-corrected chi connectivity index (χ4v) is 2.59. The van der Waals surface area contributed by atoms with Gasteiger partial charge in [0, 0.05) is 16.1 Å². The minimum absolute atomic E-state index is 0.268. The molecule has 1 unspecified atom stereocenters. The lowest BCUT2D eigenvalue weighted by Crippen LogP contribution is -2.14. The minimum atomic E-state index is -0.351. The maximum Gasteiger partial charge on any atom is 0.124 e. The van der Waals surface area contributed by atoms with Gasteiger partial charge in [-0.15, -0.1) is 0 Å². The van der Waals surface area contributed by atoms with E-state index >= 15 is 0 Å². The topological polar surface area (TPSA) is 26.0 Å². The van der Waals surface area contributed by atoms with Gasteiger partial charge in [0.05, 0.1) is 0 Å². The number of aryl methyl sites for hydroxylation is 1.